The molecule has 3 aromatic carbocycles. The second kappa shape index (κ2) is 9.60. The van der Waals surface area contributed by atoms with Gasteiger partial charge in [0.2, 0.25) is 0 Å². The SMILES string of the molecule is CCN(c1ccccc1)S(=O)(=O)c1cc(C(=O)Nc2cccc(OC)c2)c(Cl)cc1Cl. The fourth-order valence-corrected chi connectivity index (χ4v) is 5.31. The molecule has 3 rings (SSSR count). The molecule has 0 saturated carbocycles. The van der Waals surface area contributed by atoms with Crippen LogP contribution >= 0.6 is 23.2 Å². The predicted molar refractivity (Wildman–Crippen MR) is 124 cm³/mol. The van der Waals surface area contributed by atoms with Crippen LogP contribution < -0.4 is 14.4 Å². The predicted octanol–water partition coefficient (Wildman–Crippen LogP) is 5.47. The molecule has 3 aromatic rings. The third-order valence-corrected chi connectivity index (χ3v) is 7.17. The first-order valence-electron chi connectivity index (χ1n) is 9.30. The second-order valence-corrected chi connectivity index (χ2v) is 9.10. The molecule has 0 fully saturated rings. The summed E-state index contributed by atoms with van der Waals surface area (Å²) in [6, 6.07) is 17.8. The van der Waals surface area contributed by atoms with Crippen molar-refractivity contribution in [1.82, 2.24) is 0 Å². The van der Waals surface area contributed by atoms with Gasteiger partial charge in [-0.25, -0.2) is 8.42 Å². The number of hydrogen-bond acceptors (Lipinski definition) is 4. The fraction of sp³-hybridized carbons (Fsp3) is 0.136. The molecule has 9 heteroatoms. The molecule has 0 aliphatic rings. The molecule has 0 spiro atoms. The lowest BCUT2D eigenvalue weighted by atomic mass is 10.2. The number of methoxy groups -OCH3 is 1. The summed E-state index contributed by atoms with van der Waals surface area (Å²) in [6.07, 6.45) is 0. The first-order valence-corrected chi connectivity index (χ1v) is 11.5. The van der Waals surface area contributed by atoms with Gasteiger partial charge in [-0.2, -0.15) is 0 Å². The largest absolute Gasteiger partial charge is 0.497 e. The number of amides is 1. The van der Waals surface area contributed by atoms with E-state index in [1.54, 1.807) is 61.5 Å². The molecule has 31 heavy (non-hydrogen) atoms. The lowest BCUT2D eigenvalue weighted by Gasteiger charge is -2.24. The van der Waals surface area contributed by atoms with E-state index in [0.717, 1.165) is 0 Å². The van der Waals surface area contributed by atoms with Crippen LogP contribution in [0.2, 0.25) is 10.0 Å². The number of rotatable bonds is 7. The van der Waals surface area contributed by atoms with Crippen molar-refractivity contribution in [2.75, 3.05) is 23.3 Å². The van der Waals surface area contributed by atoms with Crippen LogP contribution in [0.5, 0.6) is 5.75 Å². The topological polar surface area (TPSA) is 75.7 Å². The molecule has 0 unspecified atom stereocenters. The Kier molecular flexibility index (Phi) is 7.10. The van der Waals surface area contributed by atoms with E-state index in [-0.39, 0.29) is 27.0 Å². The van der Waals surface area contributed by atoms with Gasteiger partial charge in [-0.3, -0.25) is 9.10 Å². The van der Waals surface area contributed by atoms with Gasteiger partial charge < -0.3 is 10.1 Å². The second-order valence-electron chi connectivity index (χ2n) is 6.45. The quantitative estimate of drug-likeness (QED) is 0.488. The van der Waals surface area contributed by atoms with Crippen molar-refractivity contribution < 1.29 is 17.9 Å². The lowest BCUT2D eigenvalue weighted by Crippen LogP contribution is -2.31. The molecule has 0 atom stereocenters. The highest BCUT2D eigenvalue weighted by atomic mass is 35.5. The zero-order valence-corrected chi connectivity index (χ0v) is 19.1. The lowest BCUT2D eigenvalue weighted by molar-refractivity contribution is 0.102. The molecular weight excluding hydrogens is 459 g/mol. The summed E-state index contributed by atoms with van der Waals surface area (Å²) in [5.74, 6) is -0.0150. The first-order chi connectivity index (χ1) is 14.8. The number of sulfonamides is 1. The van der Waals surface area contributed by atoms with Crippen LogP contribution in [0.4, 0.5) is 11.4 Å². The van der Waals surface area contributed by atoms with Crippen molar-refractivity contribution in [1.29, 1.82) is 0 Å². The number of anilines is 2. The summed E-state index contributed by atoms with van der Waals surface area (Å²) < 4.78 is 33.1. The Balaban J connectivity index is 2.01. The van der Waals surface area contributed by atoms with Gasteiger partial charge in [0.15, 0.2) is 0 Å². The Morgan fingerprint density at radius 1 is 1.00 bits per heavy atom. The highest BCUT2D eigenvalue weighted by Crippen LogP contribution is 2.33. The third kappa shape index (κ3) is 4.95. The minimum Gasteiger partial charge on any atom is -0.497 e. The van der Waals surface area contributed by atoms with Crippen molar-refractivity contribution in [3.8, 4) is 5.75 Å². The third-order valence-electron chi connectivity index (χ3n) is 4.49. The fourth-order valence-electron chi connectivity index (χ4n) is 3.00. The van der Waals surface area contributed by atoms with Gasteiger partial charge in [0.1, 0.15) is 10.6 Å². The Hall–Kier alpha value is -2.74. The molecule has 0 aliphatic carbocycles. The summed E-state index contributed by atoms with van der Waals surface area (Å²) in [4.78, 5) is 12.6. The molecule has 162 valence electrons. The van der Waals surface area contributed by atoms with Crippen LogP contribution in [-0.4, -0.2) is 28.0 Å². The maximum atomic E-state index is 13.4. The van der Waals surface area contributed by atoms with Crippen molar-refractivity contribution >= 4 is 50.5 Å². The van der Waals surface area contributed by atoms with Crippen molar-refractivity contribution in [3.63, 3.8) is 0 Å². The van der Waals surface area contributed by atoms with Crippen LogP contribution in [0.15, 0.2) is 71.6 Å². The average molecular weight is 479 g/mol. The molecule has 0 bridgehead atoms. The highest BCUT2D eigenvalue weighted by molar-refractivity contribution is 7.93. The van der Waals surface area contributed by atoms with Gasteiger partial charge >= 0.3 is 0 Å². The Bertz CT molecular complexity index is 1200. The first kappa shape index (κ1) is 22.9. The van der Waals surface area contributed by atoms with E-state index in [4.69, 9.17) is 27.9 Å². The maximum absolute atomic E-state index is 13.4. The number of benzene rings is 3. The Labute approximate surface area is 191 Å². The van der Waals surface area contributed by atoms with E-state index in [1.165, 1.54) is 23.5 Å². The number of carbonyl (C=O) groups is 1. The van der Waals surface area contributed by atoms with Gasteiger partial charge in [0.05, 0.1) is 28.4 Å². The zero-order valence-electron chi connectivity index (χ0n) is 16.8. The molecule has 6 nitrogen and oxygen atoms in total. The Morgan fingerprint density at radius 2 is 1.71 bits per heavy atom. The van der Waals surface area contributed by atoms with E-state index in [2.05, 4.69) is 5.32 Å². The number of ether oxygens (including phenoxy) is 1. The van der Waals surface area contributed by atoms with Crippen LogP contribution in [-0.2, 0) is 10.0 Å². The molecule has 0 radical (unpaired) electrons. The van der Waals surface area contributed by atoms with Crippen molar-refractivity contribution in [2.24, 2.45) is 0 Å². The molecule has 0 heterocycles. The molecule has 0 saturated heterocycles. The molecule has 1 N–H and O–H groups in total. The van der Waals surface area contributed by atoms with Crippen molar-refractivity contribution in [2.45, 2.75) is 11.8 Å². The minimum atomic E-state index is -4.05. The smallest absolute Gasteiger partial charge is 0.265 e. The van der Waals surface area contributed by atoms with Crippen LogP contribution in [0.25, 0.3) is 0 Å². The van der Waals surface area contributed by atoms with Gasteiger partial charge in [0, 0.05) is 18.3 Å². The monoisotopic (exact) mass is 478 g/mol. The van der Waals surface area contributed by atoms with E-state index in [9.17, 15) is 13.2 Å². The molecule has 0 aromatic heterocycles. The summed E-state index contributed by atoms with van der Waals surface area (Å²) in [5.41, 5.74) is 0.939. The van der Waals surface area contributed by atoms with Crippen LogP contribution in [0, 0.1) is 0 Å². The highest BCUT2D eigenvalue weighted by Gasteiger charge is 2.28. The average Bonchev–Trinajstić information content (AvgIpc) is 2.74. The molecule has 1 amide bonds. The Morgan fingerprint density at radius 3 is 2.35 bits per heavy atom. The number of nitrogens with one attached hydrogen (secondary N) is 1. The summed E-state index contributed by atoms with van der Waals surface area (Å²) in [5, 5.41) is 2.65. The number of nitrogens with zero attached hydrogens (tertiary/aromatic N) is 1. The number of halogens is 2. The molecule has 0 aliphatic heterocycles. The zero-order chi connectivity index (χ0) is 22.6. The van der Waals surface area contributed by atoms with Crippen LogP contribution in [0.1, 0.15) is 17.3 Å². The van der Waals surface area contributed by atoms with E-state index < -0.39 is 15.9 Å². The van der Waals surface area contributed by atoms with Crippen molar-refractivity contribution in [3.05, 3.63) is 82.3 Å². The maximum Gasteiger partial charge on any atom is 0.265 e. The summed E-state index contributed by atoms with van der Waals surface area (Å²) >= 11 is 12.5. The van der Waals surface area contributed by atoms with Gasteiger partial charge in [-0.15, -0.1) is 0 Å². The number of hydrogen-bond donors (Lipinski definition) is 1. The standard InChI is InChI=1S/C22H20Cl2N2O4S/c1-3-26(16-9-5-4-6-10-16)31(28,29)21-13-18(19(23)14-20(21)24)22(27)25-15-8-7-11-17(12-15)30-2/h4-14H,3H2,1-2H3,(H,25,27). The number of para-hydroxylation sites is 1. The van der Waals surface area contributed by atoms with Gasteiger partial charge in [-0.05, 0) is 43.3 Å². The molecular formula is C22H20Cl2N2O4S. The summed E-state index contributed by atoms with van der Waals surface area (Å²) in [7, 11) is -2.53. The van der Waals surface area contributed by atoms with E-state index >= 15 is 0 Å². The van der Waals surface area contributed by atoms with Gasteiger partial charge in [0.25, 0.3) is 15.9 Å². The normalized spacial score (nSPS) is 11.1. The van der Waals surface area contributed by atoms with Gasteiger partial charge in [-0.1, -0.05) is 47.5 Å². The van der Waals surface area contributed by atoms with E-state index in [1.807, 2.05) is 0 Å². The van der Waals surface area contributed by atoms with E-state index in [0.29, 0.717) is 17.1 Å². The number of carbonyl (C=O) groups excluding carboxylic acids is 1. The summed E-state index contributed by atoms with van der Waals surface area (Å²) in [6.45, 7) is 1.89. The minimum absolute atomic E-state index is 0.0171. The van der Waals surface area contributed by atoms with Crippen LogP contribution in [0.3, 0.4) is 0 Å².